The molecule has 1 amide bonds. The zero-order valence-electron chi connectivity index (χ0n) is 12.4. The Labute approximate surface area is 146 Å². The molecule has 0 atom stereocenters. The number of nitrogens with one attached hydrogen (secondary N) is 2. The number of benzene rings is 1. The normalized spacial score (nSPS) is 12.1. The molecule has 2 N–H and O–H groups in total. The number of hydrogen-bond acceptors (Lipinski definition) is 4. The molecule has 0 bridgehead atoms. The lowest BCUT2D eigenvalue weighted by Crippen LogP contribution is -2.22. The fourth-order valence-electron chi connectivity index (χ4n) is 2.44. The summed E-state index contributed by atoms with van der Waals surface area (Å²) < 4.78 is 0. The number of thiazole rings is 1. The maximum Gasteiger partial charge on any atom is 0.251 e. The first-order valence-electron chi connectivity index (χ1n) is 6.67. The summed E-state index contributed by atoms with van der Waals surface area (Å²) in [5.41, 5.74) is 4.25. The first-order chi connectivity index (χ1) is 9.63. The topological polar surface area (TPSA) is 54.0 Å². The van der Waals surface area contributed by atoms with Crippen LogP contribution in [0.5, 0.6) is 0 Å². The maximum atomic E-state index is 12.2. The first kappa shape index (κ1) is 18.9. The number of amides is 1. The summed E-state index contributed by atoms with van der Waals surface area (Å²) in [6, 6.07) is 5.91. The van der Waals surface area contributed by atoms with Crippen molar-refractivity contribution < 1.29 is 4.79 Å². The fraction of sp³-hybridized carbons (Fsp3) is 0.333. The predicted octanol–water partition coefficient (Wildman–Crippen LogP) is 3.14. The maximum absolute atomic E-state index is 12.2. The van der Waals surface area contributed by atoms with E-state index in [2.05, 4.69) is 15.6 Å². The van der Waals surface area contributed by atoms with Gasteiger partial charge in [0, 0.05) is 23.5 Å². The third-order valence-corrected chi connectivity index (χ3v) is 4.58. The second-order valence-electron chi connectivity index (χ2n) is 5.01. The summed E-state index contributed by atoms with van der Waals surface area (Å²) >= 11 is 1.64. The lowest BCUT2D eigenvalue weighted by atomic mass is 10.1. The van der Waals surface area contributed by atoms with Crippen LogP contribution in [-0.2, 0) is 19.6 Å². The Morgan fingerprint density at radius 2 is 2.00 bits per heavy atom. The minimum Gasteiger partial charge on any atom is -0.347 e. The van der Waals surface area contributed by atoms with Gasteiger partial charge in [0.2, 0.25) is 0 Å². The molecule has 3 rings (SSSR count). The molecule has 2 heterocycles. The number of fused-ring (bicyclic) bond motifs is 1. The Kier molecular flexibility index (Phi) is 6.81. The van der Waals surface area contributed by atoms with Gasteiger partial charge in [-0.25, -0.2) is 4.98 Å². The van der Waals surface area contributed by atoms with E-state index in [-0.39, 0.29) is 30.7 Å². The highest BCUT2D eigenvalue weighted by Gasteiger charge is 2.14. The third-order valence-electron chi connectivity index (χ3n) is 3.51. The van der Waals surface area contributed by atoms with Gasteiger partial charge < -0.3 is 10.6 Å². The van der Waals surface area contributed by atoms with Crippen molar-refractivity contribution in [2.75, 3.05) is 0 Å². The van der Waals surface area contributed by atoms with Gasteiger partial charge in [0.1, 0.15) is 0 Å². The molecule has 1 aromatic carbocycles. The Balaban J connectivity index is 0.00000121. The molecule has 0 unspecified atom stereocenters. The van der Waals surface area contributed by atoms with Crippen molar-refractivity contribution in [2.45, 2.75) is 33.5 Å². The lowest BCUT2D eigenvalue weighted by Gasteiger charge is -2.06. The van der Waals surface area contributed by atoms with Crippen LogP contribution >= 0.6 is 36.2 Å². The zero-order valence-corrected chi connectivity index (χ0v) is 14.9. The van der Waals surface area contributed by atoms with Crippen molar-refractivity contribution in [3.05, 3.63) is 50.5 Å². The van der Waals surface area contributed by atoms with Crippen LogP contribution in [0.1, 0.15) is 37.1 Å². The summed E-state index contributed by atoms with van der Waals surface area (Å²) in [6.45, 7) is 6.26. The molecule has 1 aliphatic heterocycles. The highest BCUT2D eigenvalue weighted by Crippen LogP contribution is 2.18. The van der Waals surface area contributed by atoms with Gasteiger partial charge in [-0.15, -0.1) is 36.2 Å². The van der Waals surface area contributed by atoms with Gasteiger partial charge >= 0.3 is 0 Å². The number of rotatable bonds is 3. The molecule has 0 radical (unpaired) electrons. The smallest absolute Gasteiger partial charge is 0.251 e. The summed E-state index contributed by atoms with van der Waals surface area (Å²) in [6.07, 6.45) is 0. The molecule has 1 aromatic heterocycles. The quantitative estimate of drug-likeness (QED) is 0.884. The highest BCUT2D eigenvalue weighted by molar-refractivity contribution is 7.11. The molecule has 120 valence electrons. The van der Waals surface area contributed by atoms with Crippen molar-refractivity contribution >= 4 is 42.1 Å². The summed E-state index contributed by atoms with van der Waals surface area (Å²) in [7, 11) is 0. The number of carbonyl (C=O) groups is 1. The van der Waals surface area contributed by atoms with Crippen LogP contribution in [0.3, 0.4) is 0 Å². The van der Waals surface area contributed by atoms with Gasteiger partial charge in [0.15, 0.2) is 0 Å². The first-order valence-corrected chi connectivity index (χ1v) is 7.49. The summed E-state index contributed by atoms with van der Waals surface area (Å²) in [4.78, 5) is 17.7. The van der Waals surface area contributed by atoms with E-state index >= 15 is 0 Å². The van der Waals surface area contributed by atoms with Gasteiger partial charge in [-0.3, -0.25) is 4.79 Å². The van der Waals surface area contributed by atoms with Gasteiger partial charge in [0.25, 0.3) is 5.91 Å². The Morgan fingerprint density at radius 3 is 2.68 bits per heavy atom. The second-order valence-corrected chi connectivity index (χ2v) is 6.30. The van der Waals surface area contributed by atoms with Crippen molar-refractivity contribution in [3.63, 3.8) is 0 Å². The molecule has 7 heteroatoms. The van der Waals surface area contributed by atoms with Gasteiger partial charge in [-0.1, -0.05) is 6.07 Å². The minimum atomic E-state index is -0.0230. The molecule has 0 fully saturated rings. The third kappa shape index (κ3) is 3.98. The van der Waals surface area contributed by atoms with E-state index in [9.17, 15) is 4.79 Å². The van der Waals surface area contributed by atoms with Crippen molar-refractivity contribution in [1.82, 2.24) is 15.6 Å². The molecular formula is C15H19Cl2N3OS. The number of hydrogen-bond donors (Lipinski definition) is 2. The van der Waals surface area contributed by atoms with Crippen molar-refractivity contribution in [1.29, 1.82) is 0 Å². The molecule has 4 nitrogen and oxygen atoms in total. The zero-order chi connectivity index (χ0) is 14.1. The van der Waals surface area contributed by atoms with Crippen LogP contribution in [-0.4, -0.2) is 10.9 Å². The molecule has 2 aromatic rings. The van der Waals surface area contributed by atoms with E-state index in [0.717, 1.165) is 34.2 Å². The monoisotopic (exact) mass is 359 g/mol. The Bertz CT molecular complexity index is 673. The average Bonchev–Trinajstić information content (AvgIpc) is 3.01. The average molecular weight is 360 g/mol. The fourth-order valence-corrected chi connectivity index (χ4v) is 3.31. The molecule has 0 saturated heterocycles. The molecule has 1 aliphatic rings. The van der Waals surface area contributed by atoms with E-state index in [1.54, 1.807) is 11.3 Å². The molecule has 0 aliphatic carbocycles. The largest absolute Gasteiger partial charge is 0.347 e. The van der Waals surface area contributed by atoms with Crippen molar-refractivity contribution in [2.24, 2.45) is 0 Å². The van der Waals surface area contributed by atoms with E-state index in [1.165, 1.54) is 11.1 Å². The number of aryl methyl sites for hydroxylation is 2. The van der Waals surface area contributed by atoms with Gasteiger partial charge in [0.05, 0.1) is 17.2 Å². The van der Waals surface area contributed by atoms with Crippen molar-refractivity contribution in [3.8, 4) is 0 Å². The number of halogens is 2. The van der Waals surface area contributed by atoms with Crippen LogP contribution < -0.4 is 10.6 Å². The van der Waals surface area contributed by atoms with Crippen LogP contribution in [0.4, 0.5) is 0 Å². The van der Waals surface area contributed by atoms with E-state index in [1.807, 2.05) is 32.0 Å². The van der Waals surface area contributed by atoms with E-state index in [4.69, 9.17) is 0 Å². The number of aromatic nitrogens is 1. The van der Waals surface area contributed by atoms with Gasteiger partial charge in [-0.05, 0) is 37.1 Å². The van der Waals surface area contributed by atoms with Gasteiger partial charge in [-0.2, -0.15) is 0 Å². The molecular weight excluding hydrogens is 341 g/mol. The van der Waals surface area contributed by atoms with Crippen LogP contribution in [0.15, 0.2) is 18.2 Å². The van der Waals surface area contributed by atoms with Crippen LogP contribution in [0.25, 0.3) is 0 Å². The number of nitrogens with zero attached hydrogens (tertiary/aromatic N) is 1. The molecule has 0 saturated carbocycles. The minimum absolute atomic E-state index is 0. The second kappa shape index (κ2) is 7.92. The summed E-state index contributed by atoms with van der Waals surface area (Å²) in [5, 5.41) is 7.29. The predicted molar refractivity (Wildman–Crippen MR) is 94.2 cm³/mol. The highest BCUT2D eigenvalue weighted by atomic mass is 35.5. The SMILES string of the molecule is Cc1nc(C)c(CNC(=O)c2ccc3c(c2)CNC3)s1.Cl.Cl. The molecule has 0 spiro atoms. The number of carbonyl (C=O) groups excluding carboxylic acids is 1. The Morgan fingerprint density at radius 1 is 1.27 bits per heavy atom. The van der Waals surface area contributed by atoms with Crippen LogP contribution in [0, 0.1) is 13.8 Å². The van der Waals surface area contributed by atoms with E-state index in [0.29, 0.717) is 6.54 Å². The Hall–Kier alpha value is -1.14. The van der Waals surface area contributed by atoms with E-state index < -0.39 is 0 Å². The van der Waals surface area contributed by atoms with Crippen LogP contribution in [0.2, 0.25) is 0 Å². The standard InChI is InChI=1S/C15H17N3OS.2ClH/c1-9-14(20-10(2)18-9)8-17-15(19)11-3-4-12-6-16-7-13(12)5-11;;/h3-5,16H,6-8H2,1-2H3,(H,17,19);2*1H. The molecule has 22 heavy (non-hydrogen) atoms. The lowest BCUT2D eigenvalue weighted by molar-refractivity contribution is 0.0951. The summed E-state index contributed by atoms with van der Waals surface area (Å²) in [5.74, 6) is -0.0230.